The molecule has 1 fully saturated rings. The van der Waals surface area contributed by atoms with Gasteiger partial charge in [0.05, 0.1) is 0 Å². The molecular formula is C12H14N4O3S. The minimum Gasteiger partial charge on any atom is -0.477 e. The number of nitrogens with one attached hydrogen (secondary N) is 1. The SMILES string of the molecule is NC1CCCN(c2nc3[nH]cc(C(=O)O)c(=O)c3s2)C1. The zero-order valence-corrected chi connectivity index (χ0v) is 11.4. The lowest BCUT2D eigenvalue weighted by Crippen LogP contribution is -2.42. The normalized spacial score (nSPS) is 19.4. The summed E-state index contributed by atoms with van der Waals surface area (Å²) in [6.07, 6.45) is 3.17. The maximum Gasteiger partial charge on any atom is 0.341 e. The number of anilines is 1. The van der Waals surface area contributed by atoms with Gasteiger partial charge in [-0.05, 0) is 12.8 Å². The van der Waals surface area contributed by atoms with Gasteiger partial charge in [0.2, 0.25) is 5.43 Å². The lowest BCUT2D eigenvalue weighted by molar-refractivity contribution is 0.0695. The third kappa shape index (κ3) is 2.16. The van der Waals surface area contributed by atoms with Crippen LogP contribution in [0.5, 0.6) is 0 Å². The van der Waals surface area contributed by atoms with E-state index in [-0.39, 0.29) is 11.6 Å². The van der Waals surface area contributed by atoms with E-state index in [4.69, 9.17) is 10.8 Å². The number of hydrogen-bond donors (Lipinski definition) is 3. The van der Waals surface area contributed by atoms with E-state index in [0.29, 0.717) is 22.0 Å². The summed E-state index contributed by atoms with van der Waals surface area (Å²) >= 11 is 1.22. The quantitative estimate of drug-likeness (QED) is 0.748. The first-order chi connectivity index (χ1) is 9.56. The van der Waals surface area contributed by atoms with Crippen molar-refractivity contribution < 1.29 is 9.90 Å². The Morgan fingerprint density at radius 2 is 2.40 bits per heavy atom. The van der Waals surface area contributed by atoms with E-state index < -0.39 is 11.4 Å². The number of fused-ring (bicyclic) bond motifs is 1. The van der Waals surface area contributed by atoms with Crippen molar-refractivity contribution in [3.63, 3.8) is 0 Å². The van der Waals surface area contributed by atoms with Gasteiger partial charge in [0, 0.05) is 25.3 Å². The zero-order valence-electron chi connectivity index (χ0n) is 10.6. The van der Waals surface area contributed by atoms with Gasteiger partial charge in [-0.2, -0.15) is 0 Å². The molecule has 7 nitrogen and oxygen atoms in total. The molecule has 1 aliphatic rings. The van der Waals surface area contributed by atoms with Crippen LogP contribution < -0.4 is 16.1 Å². The number of carboxylic acid groups (broad SMARTS) is 1. The average Bonchev–Trinajstić information content (AvgIpc) is 2.83. The van der Waals surface area contributed by atoms with Crippen LogP contribution in [0.4, 0.5) is 5.13 Å². The molecule has 20 heavy (non-hydrogen) atoms. The first-order valence-electron chi connectivity index (χ1n) is 6.32. The van der Waals surface area contributed by atoms with Crippen molar-refractivity contribution in [3.8, 4) is 0 Å². The number of aromatic amines is 1. The number of carboxylic acids is 1. The molecule has 0 aliphatic carbocycles. The van der Waals surface area contributed by atoms with Crippen LogP contribution in [0.3, 0.4) is 0 Å². The summed E-state index contributed by atoms with van der Waals surface area (Å²) in [4.78, 5) is 32.2. The molecule has 1 unspecified atom stereocenters. The molecule has 0 saturated carbocycles. The number of nitrogens with two attached hydrogens (primary N) is 1. The largest absolute Gasteiger partial charge is 0.477 e. The molecule has 0 bridgehead atoms. The highest BCUT2D eigenvalue weighted by atomic mass is 32.1. The second-order valence-electron chi connectivity index (χ2n) is 4.86. The van der Waals surface area contributed by atoms with Crippen molar-refractivity contribution in [3.05, 3.63) is 22.0 Å². The summed E-state index contributed by atoms with van der Waals surface area (Å²) in [7, 11) is 0. The molecule has 8 heteroatoms. The fourth-order valence-electron chi connectivity index (χ4n) is 2.37. The van der Waals surface area contributed by atoms with Crippen molar-refractivity contribution in [2.75, 3.05) is 18.0 Å². The van der Waals surface area contributed by atoms with Crippen LogP contribution in [0.15, 0.2) is 11.0 Å². The first-order valence-corrected chi connectivity index (χ1v) is 7.14. The number of piperidine rings is 1. The summed E-state index contributed by atoms with van der Waals surface area (Å²) in [6.45, 7) is 1.56. The fraction of sp³-hybridized carbons (Fsp3) is 0.417. The van der Waals surface area contributed by atoms with Crippen molar-refractivity contribution in [2.24, 2.45) is 5.73 Å². The zero-order chi connectivity index (χ0) is 14.3. The summed E-state index contributed by atoms with van der Waals surface area (Å²) in [6, 6.07) is 0.112. The monoisotopic (exact) mass is 294 g/mol. The highest BCUT2D eigenvalue weighted by Crippen LogP contribution is 2.27. The lowest BCUT2D eigenvalue weighted by atomic mass is 10.1. The molecule has 4 N–H and O–H groups in total. The Labute approximate surface area is 118 Å². The second-order valence-corrected chi connectivity index (χ2v) is 5.84. The van der Waals surface area contributed by atoms with Crippen molar-refractivity contribution in [2.45, 2.75) is 18.9 Å². The first kappa shape index (κ1) is 13.1. The highest BCUT2D eigenvalue weighted by molar-refractivity contribution is 7.22. The molecule has 3 heterocycles. The van der Waals surface area contributed by atoms with Crippen molar-refractivity contribution in [1.82, 2.24) is 9.97 Å². The predicted molar refractivity (Wildman–Crippen MR) is 76.6 cm³/mol. The third-order valence-electron chi connectivity index (χ3n) is 3.38. The van der Waals surface area contributed by atoms with Gasteiger partial charge in [0.25, 0.3) is 0 Å². The molecule has 2 aromatic heterocycles. The van der Waals surface area contributed by atoms with Gasteiger partial charge in [-0.15, -0.1) is 0 Å². The van der Waals surface area contributed by atoms with Crippen LogP contribution >= 0.6 is 11.3 Å². The Morgan fingerprint density at radius 3 is 3.10 bits per heavy atom. The Balaban J connectivity index is 2.04. The number of pyridine rings is 1. The van der Waals surface area contributed by atoms with E-state index in [2.05, 4.69) is 9.97 Å². The molecule has 106 valence electrons. The Bertz CT molecular complexity index is 723. The van der Waals surface area contributed by atoms with Gasteiger partial charge < -0.3 is 20.7 Å². The number of hydrogen-bond acceptors (Lipinski definition) is 6. The summed E-state index contributed by atoms with van der Waals surface area (Å²) in [5, 5.41) is 9.67. The van der Waals surface area contributed by atoms with Crippen LogP contribution in [0.25, 0.3) is 10.3 Å². The number of H-pyrrole nitrogens is 1. The molecule has 1 atom stereocenters. The topological polar surface area (TPSA) is 112 Å². The minimum atomic E-state index is -1.23. The molecule has 1 saturated heterocycles. The maximum absolute atomic E-state index is 12.1. The number of aromatic carboxylic acids is 1. The van der Waals surface area contributed by atoms with Gasteiger partial charge in [0.1, 0.15) is 10.3 Å². The number of thiazole rings is 1. The number of aromatic nitrogens is 2. The summed E-state index contributed by atoms with van der Waals surface area (Å²) in [5.41, 5.74) is 5.62. The smallest absolute Gasteiger partial charge is 0.341 e. The summed E-state index contributed by atoms with van der Waals surface area (Å²) in [5.74, 6) is -1.23. The Kier molecular flexibility index (Phi) is 3.19. The van der Waals surface area contributed by atoms with Gasteiger partial charge in [0.15, 0.2) is 10.8 Å². The molecule has 2 aromatic rings. The molecule has 0 spiro atoms. The van der Waals surface area contributed by atoms with Crippen LogP contribution in [-0.2, 0) is 0 Å². The number of rotatable bonds is 2. The number of carbonyl (C=O) groups is 1. The molecule has 0 aromatic carbocycles. The van der Waals surface area contributed by atoms with Crippen LogP contribution in [0.2, 0.25) is 0 Å². The van der Waals surface area contributed by atoms with Crippen LogP contribution in [0.1, 0.15) is 23.2 Å². The van der Waals surface area contributed by atoms with Gasteiger partial charge in [-0.1, -0.05) is 11.3 Å². The van der Waals surface area contributed by atoms with E-state index in [9.17, 15) is 9.59 Å². The van der Waals surface area contributed by atoms with Gasteiger partial charge in [-0.25, -0.2) is 9.78 Å². The Morgan fingerprint density at radius 1 is 1.60 bits per heavy atom. The van der Waals surface area contributed by atoms with E-state index >= 15 is 0 Å². The molecule has 3 rings (SSSR count). The van der Waals surface area contributed by atoms with Gasteiger partial charge >= 0.3 is 5.97 Å². The number of nitrogens with zero attached hydrogens (tertiary/aromatic N) is 2. The van der Waals surface area contributed by atoms with Gasteiger partial charge in [-0.3, -0.25) is 4.79 Å². The van der Waals surface area contributed by atoms with E-state index in [0.717, 1.165) is 19.4 Å². The molecule has 0 radical (unpaired) electrons. The second kappa shape index (κ2) is 4.88. The standard InChI is InChI=1S/C12H14N4O3S/c13-6-2-1-3-16(5-6)12-15-10-9(20-12)8(17)7(4-14-10)11(18)19/h4,6H,1-3,5,13H2,(H,14,17)(H,18,19). The lowest BCUT2D eigenvalue weighted by Gasteiger charge is -2.30. The molecule has 0 amide bonds. The predicted octanol–water partition coefficient (Wildman–Crippen LogP) is 0.610. The van der Waals surface area contributed by atoms with Crippen LogP contribution in [0, 0.1) is 0 Å². The highest BCUT2D eigenvalue weighted by Gasteiger charge is 2.21. The van der Waals surface area contributed by atoms with E-state index in [1.807, 2.05) is 4.90 Å². The van der Waals surface area contributed by atoms with Crippen molar-refractivity contribution in [1.29, 1.82) is 0 Å². The third-order valence-corrected chi connectivity index (χ3v) is 4.49. The van der Waals surface area contributed by atoms with Crippen molar-refractivity contribution >= 4 is 32.8 Å². The summed E-state index contributed by atoms with van der Waals surface area (Å²) < 4.78 is 0.346. The van der Waals surface area contributed by atoms with Crippen LogP contribution in [-0.4, -0.2) is 40.2 Å². The Hall–Kier alpha value is -1.93. The molecule has 1 aliphatic heterocycles. The maximum atomic E-state index is 12.1. The fourth-order valence-corrected chi connectivity index (χ4v) is 3.39. The minimum absolute atomic E-state index is 0.112. The van der Waals surface area contributed by atoms with E-state index in [1.54, 1.807) is 0 Å². The average molecular weight is 294 g/mol. The molecular weight excluding hydrogens is 280 g/mol. The van der Waals surface area contributed by atoms with E-state index in [1.165, 1.54) is 17.5 Å².